The Morgan fingerprint density at radius 3 is 2.88 bits per heavy atom. The van der Waals surface area contributed by atoms with Crippen LogP contribution in [0.15, 0.2) is 41.8 Å². The smallest absolute Gasteiger partial charge is 0.220 e. The Hall–Kier alpha value is -1.85. The minimum absolute atomic E-state index is 0.107. The van der Waals surface area contributed by atoms with Gasteiger partial charge >= 0.3 is 0 Å². The standard InChI is InChI=1S/C20H25NO3S/c22-20(7-1-5-19-6-3-13-25-19)21-14-16-8-10-17(11-9-16)24-15-18-4-2-12-23-18/h3,6,8-11,13,18H,1-2,4-5,7,12,14-15H2,(H,21,22)/t18-/m0/s1. The first-order valence-corrected chi connectivity index (χ1v) is 9.80. The van der Waals surface area contributed by atoms with Crippen LogP contribution >= 0.6 is 11.3 Å². The molecule has 1 atom stereocenters. The van der Waals surface area contributed by atoms with E-state index in [0.29, 0.717) is 19.6 Å². The van der Waals surface area contributed by atoms with Crippen molar-refractivity contribution in [3.05, 3.63) is 52.2 Å². The maximum atomic E-state index is 11.9. The number of hydrogen-bond acceptors (Lipinski definition) is 4. The van der Waals surface area contributed by atoms with Gasteiger partial charge in [0.15, 0.2) is 0 Å². The van der Waals surface area contributed by atoms with Gasteiger partial charge in [-0.05, 0) is 54.8 Å². The van der Waals surface area contributed by atoms with Crippen LogP contribution in [0.25, 0.3) is 0 Å². The topological polar surface area (TPSA) is 47.6 Å². The van der Waals surface area contributed by atoms with Gasteiger partial charge in [0, 0.05) is 24.4 Å². The summed E-state index contributed by atoms with van der Waals surface area (Å²) in [5.74, 6) is 0.955. The lowest BCUT2D eigenvalue weighted by Gasteiger charge is -2.12. The molecule has 134 valence electrons. The van der Waals surface area contributed by atoms with Crippen molar-refractivity contribution in [3.63, 3.8) is 0 Å². The summed E-state index contributed by atoms with van der Waals surface area (Å²) in [4.78, 5) is 13.3. The molecule has 0 radical (unpaired) electrons. The fraction of sp³-hybridized carbons (Fsp3) is 0.450. The van der Waals surface area contributed by atoms with Crippen LogP contribution in [0.4, 0.5) is 0 Å². The van der Waals surface area contributed by atoms with E-state index >= 15 is 0 Å². The van der Waals surface area contributed by atoms with Crippen LogP contribution in [-0.2, 0) is 22.5 Å². The maximum Gasteiger partial charge on any atom is 0.220 e. The Morgan fingerprint density at radius 1 is 1.28 bits per heavy atom. The van der Waals surface area contributed by atoms with Gasteiger partial charge in [0.25, 0.3) is 0 Å². The van der Waals surface area contributed by atoms with Gasteiger partial charge in [-0.25, -0.2) is 0 Å². The molecule has 1 N–H and O–H groups in total. The van der Waals surface area contributed by atoms with Crippen molar-refractivity contribution >= 4 is 17.2 Å². The average molecular weight is 359 g/mol. The molecule has 1 aliphatic rings. The van der Waals surface area contributed by atoms with Gasteiger partial charge in [-0.3, -0.25) is 4.79 Å². The van der Waals surface area contributed by atoms with E-state index in [1.165, 1.54) is 4.88 Å². The van der Waals surface area contributed by atoms with Gasteiger partial charge < -0.3 is 14.8 Å². The number of carbonyl (C=O) groups excluding carboxylic acids is 1. The molecule has 4 nitrogen and oxygen atoms in total. The first-order chi connectivity index (χ1) is 12.3. The molecular formula is C20H25NO3S. The highest BCUT2D eigenvalue weighted by molar-refractivity contribution is 7.09. The van der Waals surface area contributed by atoms with Gasteiger partial charge in [0.05, 0.1) is 6.10 Å². The third kappa shape index (κ3) is 6.18. The fourth-order valence-corrected chi connectivity index (χ4v) is 3.59. The number of aryl methyl sites for hydroxylation is 1. The number of rotatable bonds is 9. The van der Waals surface area contributed by atoms with Crippen molar-refractivity contribution in [2.24, 2.45) is 0 Å². The molecule has 1 aromatic heterocycles. The molecule has 1 saturated heterocycles. The van der Waals surface area contributed by atoms with Crippen LogP contribution in [0.3, 0.4) is 0 Å². The number of carbonyl (C=O) groups is 1. The van der Waals surface area contributed by atoms with Gasteiger partial charge in [-0.1, -0.05) is 18.2 Å². The van der Waals surface area contributed by atoms with Crippen molar-refractivity contribution in [3.8, 4) is 5.75 Å². The lowest BCUT2D eigenvalue weighted by Crippen LogP contribution is -2.22. The number of thiophene rings is 1. The van der Waals surface area contributed by atoms with Crippen molar-refractivity contribution in [2.75, 3.05) is 13.2 Å². The minimum atomic E-state index is 0.107. The number of nitrogens with one attached hydrogen (secondary N) is 1. The van der Waals surface area contributed by atoms with E-state index < -0.39 is 0 Å². The van der Waals surface area contributed by atoms with Gasteiger partial charge in [-0.2, -0.15) is 0 Å². The molecule has 0 saturated carbocycles. The summed E-state index contributed by atoms with van der Waals surface area (Å²) in [7, 11) is 0. The molecule has 3 rings (SSSR count). The van der Waals surface area contributed by atoms with Crippen LogP contribution in [0.2, 0.25) is 0 Å². The Morgan fingerprint density at radius 2 is 2.16 bits per heavy atom. The quantitative estimate of drug-likeness (QED) is 0.737. The second kappa shape index (κ2) is 9.59. The highest BCUT2D eigenvalue weighted by atomic mass is 32.1. The first kappa shape index (κ1) is 18.0. The SMILES string of the molecule is O=C(CCCc1cccs1)NCc1ccc(OC[C@@H]2CCCO2)cc1. The summed E-state index contributed by atoms with van der Waals surface area (Å²) in [5, 5.41) is 5.05. The molecule has 0 bridgehead atoms. The predicted octanol–water partition coefficient (Wildman–Crippen LogP) is 3.95. The van der Waals surface area contributed by atoms with E-state index in [-0.39, 0.29) is 12.0 Å². The fourth-order valence-electron chi connectivity index (χ4n) is 2.84. The molecule has 1 aromatic carbocycles. The van der Waals surface area contributed by atoms with E-state index in [4.69, 9.17) is 9.47 Å². The third-order valence-corrected chi connectivity index (χ3v) is 5.22. The molecular weight excluding hydrogens is 334 g/mol. The number of hydrogen-bond donors (Lipinski definition) is 1. The monoisotopic (exact) mass is 359 g/mol. The first-order valence-electron chi connectivity index (χ1n) is 8.92. The summed E-state index contributed by atoms with van der Waals surface area (Å²) in [6.45, 7) is 2.02. The van der Waals surface area contributed by atoms with E-state index in [1.54, 1.807) is 11.3 Å². The summed E-state index contributed by atoms with van der Waals surface area (Å²) in [6, 6.07) is 12.1. The van der Waals surface area contributed by atoms with E-state index in [2.05, 4.69) is 16.8 Å². The highest BCUT2D eigenvalue weighted by Gasteiger charge is 2.15. The van der Waals surface area contributed by atoms with Gasteiger partial charge in [0.1, 0.15) is 12.4 Å². The molecule has 1 amide bonds. The van der Waals surface area contributed by atoms with E-state index in [0.717, 1.165) is 43.6 Å². The van der Waals surface area contributed by atoms with Crippen LogP contribution in [0.1, 0.15) is 36.1 Å². The second-order valence-corrected chi connectivity index (χ2v) is 7.33. The maximum absolute atomic E-state index is 11.9. The van der Waals surface area contributed by atoms with Crippen LogP contribution in [0, 0.1) is 0 Å². The van der Waals surface area contributed by atoms with Crippen molar-refractivity contribution in [1.82, 2.24) is 5.32 Å². The largest absolute Gasteiger partial charge is 0.491 e. The zero-order valence-electron chi connectivity index (χ0n) is 14.4. The molecule has 1 fully saturated rings. The number of benzene rings is 1. The molecule has 0 unspecified atom stereocenters. The van der Waals surface area contributed by atoms with Gasteiger partial charge in [0.2, 0.25) is 5.91 Å². The predicted molar refractivity (Wildman–Crippen MR) is 100 cm³/mol. The van der Waals surface area contributed by atoms with E-state index in [9.17, 15) is 4.79 Å². The highest BCUT2D eigenvalue weighted by Crippen LogP contribution is 2.17. The summed E-state index contributed by atoms with van der Waals surface area (Å²) in [6.07, 6.45) is 4.87. The molecule has 5 heteroatoms. The third-order valence-electron chi connectivity index (χ3n) is 4.28. The van der Waals surface area contributed by atoms with Crippen LogP contribution < -0.4 is 10.1 Å². The minimum Gasteiger partial charge on any atom is -0.491 e. The number of ether oxygens (including phenoxy) is 2. The molecule has 1 aliphatic heterocycles. The summed E-state index contributed by atoms with van der Waals surface area (Å²) in [5.41, 5.74) is 1.08. The second-order valence-electron chi connectivity index (χ2n) is 6.30. The normalized spacial score (nSPS) is 16.7. The Balaban J connectivity index is 1.32. The lowest BCUT2D eigenvalue weighted by atomic mass is 10.2. The molecule has 0 aliphatic carbocycles. The average Bonchev–Trinajstić information content (AvgIpc) is 3.33. The molecule has 25 heavy (non-hydrogen) atoms. The summed E-state index contributed by atoms with van der Waals surface area (Å²) >= 11 is 1.75. The van der Waals surface area contributed by atoms with Crippen LogP contribution in [-0.4, -0.2) is 25.2 Å². The zero-order chi connectivity index (χ0) is 17.3. The van der Waals surface area contributed by atoms with Crippen molar-refractivity contribution in [1.29, 1.82) is 0 Å². The lowest BCUT2D eigenvalue weighted by molar-refractivity contribution is -0.121. The van der Waals surface area contributed by atoms with Crippen molar-refractivity contribution < 1.29 is 14.3 Å². The number of amides is 1. The Kier molecular flexibility index (Phi) is 6.89. The zero-order valence-corrected chi connectivity index (χ0v) is 15.2. The van der Waals surface area contributed by atoms with E-state index in [1.807, 2.05) is 30.3 Å². The Labute approximate surface area is 153 Å². The Bertz CT molecular complexity index is 633. The molecule has 0 spiro atoms. The molecule has 2 aromatic rings. The van der Waals surface area contributed by atoms with Gasteiger partial charge in [-0.15, -0.1) is 11.3 Å². The van der Waals surface area contributed by atoms with Crippen molar-refractivity contribution in [2.45, 2.75) is 44.8 Å². The van der Waals surface area contributed by atoms with Crippen LogP contribution in [0.5, 0.6) is 5.75 Å². The summed E-state index contributed by atoms with van der Waals surface area (Å²) < 4.78 is 11.3. The molecule has 2 heterocycles.